The number of nitrogens with zero attached hydrogens (tertiary/aromatic N) is 1. The van der Waals surface area contributed by atoms with Crippen LogP contribution >= 0.6 is 0 Å². The van der Waals surface area contributed by atoms with Crippen LogP contribution in [0.1, 0.15) is 26.3 Å². The van der Waals surface area contributed by atoms with Gasteiger partial charge in [-0.3, -0.25) is 4.79 Å². The van der Waals surface area contributed by atoms with E-state index in [0.717, 1.165) is 5.56 Å². The van der Waals surface area contributed by atoms with E-state index in [1.807, 2.05) is 13.8 Å². The Morgan fingerprint density at radius 3 is 2.71 bits per heavy atom. The average Bonchev–Trinajstić information content (AvgIpc) is 2.58. The van der Waals surface area contributed by atoms with Crippen molar-refractivity contribution < 1.29 is 19.1 Å². The van der Waals surface area contributed by atoms with Crippen LogP contribution in [0, 0.1) is 17.2 Å². The van der Waals surface area contributed by atoms with E-state index in [1.165, 1.54) is 6.08 Å². The van der Waals surface area contributed by atoms with Crippen LogP contribution in [0.4, 0.5) is 0 Å². The molecule has 0 heterocycles. The van der Waals surface area contributed by atoms with E-state index in [-0.39, 0.29) is 5.92 Å². The minimum atomic E-state index is -1.00. The van der Waals surface area contributed by atoms with E-state index in [4.69, 9.17) is 14.7 Å². The van der Waals surface area contributed by atoms with Crippen molar-refractivity contribution in [3.8, 4) is 11.8 Å². The first-order valence-corrected chi connectivity index (χ1v) is 7.52. The summed E-state index contributed by atoms with van der Waals surface area (Å²) in [7, 11) is 1.56. The van der Waals surface area contributed by atoms with Gasteiger partial charge in [0.25, 0.3) is 5.91 Å². The highest BCUT2D eigenvalue weighted by Gasteiger charge is 2.30. The van der Waals surface area contributed by atoms with Crippen LogP contribution < -0.4 is 10.1 Å². The number of carbonyl (C=O) groups is 2. The lowest BCUT2D eigenvalue weighted by molar-refractivity contribution is -0.144. The molecular weight excluding hydrogens is 308 g/mol. The second-order valence-corrected chi connectivity index (χ2v) is 5.73. The smallest absolute Gasteiger partial charge is 0.331 e. The van der Waals surface area contributed by atoms with E-state index >= 15 is 0 Å². The van der Waals surface area contributed by atoms with E-state index < -0.39 is 24.0 Å². The molecule has 1 amide bonds. The molecule has 0 aromatic heterocycles. The van der Waals surface area contributed by atoms with Crippen LogP contribution in [0.2, 0.25) is 0 Å². The molecule has 0 aliphatic heterocycles. The Hall–Kier alpha value is -2.81. The number of esters is 1. The lowest BCUT2D eigenvalue weighted by Gasteiger charge is -2.27. The molecule has 128 valence electrons. The number of carbonyl (C=O) groups excluding carboxylic acids is 2. The zero-order chi connectivity index (χ0) is 18.2. The van der Waals surface area contributed by atoms with Gasteiger partial charge in [-0.05, 0) is 36.6 Å². The van der Waals surface area contributed by atoms with Gasteiger partial charge >= 0.3 is 5.97 Å². The van der Waals surface area contributed by atoms with E-state index in [9.17, 15) is 9.59 Å². The van der Waals surface area contributed by atoms with Crippen molar-refractivity contribution in [2.75, 3.05) is 13.7 Å². The second-order valence-electron chi connectivity index (χ2n) is 5.73. The standard InChI is InChI=1S/C18H22N2O4/c1-13(2)18(3,12-19)20-16(21)11-24-17(22)9-8-14-6-5-7-15(10-14)23-4/h5-10,13H,11H2,1-4H3,(H,20,21)/b9-8+/t18-/m1/s1. The summed E-state index contributed by atoms with van der Waals surface area (Å²) in [5.41, 5.74) is -0.229. The number of nitrogens with one attached hydrogen (secondary N) is 1. The number of hydrogen-bond acceptors (Lipinski definition) is 5. The molecule has 0 saturated carbocycles. The maximum atomic E-state index is 11.8. The summed E-state index contributed by atoms with van der Waals surface area (Å²) in [5.74, 6) is -0.559. The van der Waals surface area contributed by atoms with Crippen LogP contribution in [0.25, 0.3) is 6.08 Å². The fourth-order valence-electron chi connectivity index (χ4n) is 1.72. The lowest BCUT2D eigenvalue weighted by Crippen LogP contribution is -2.50. The van der Waals surface area contributed by atoms with Gasteiger partial charge in [0.15, 0.2) is 6.61 Å². The molecule has 0 bridgehead atoms. The molecule has 6 heteroatoms. The van der Waals surface area contributed by atoms with Gasteiger partial charge in [0.1, 0.15) is 11.3 Å². The fraction of sp³-hybridized carbons (Fsp3) is 0.389. The monoisotopic (exact) mass is 330 g/mol. The summed E-state index contributed by atoms with van der Waals surface area (Å²) < 4.78 is 9.96. The number of amides is 1. The maximum Gasteiger partial charge on any atom is 0.331 e. The van der Waals surface area contributed by atoms with Gasteiger partial charge in [-0.1, -0.05) is 26.0 Å². The zero-order valence-electron chi connectivity index (χ0n) is 14.3. The third-order valence-corrected chi connectivity index (χ3v) is 3.64. The Bertz CT molecular complexity index is 661. The van der Waals surface area contributed by atoms with Crippen LogP contribution in [-0.2, 0) is 14.3 Å². The van der Waals surface area contributed by atoms with E-state index in [2.05, 4.69) is 11.4 Å². The van der Waals surface area contributed by atoms with E-state index in [0.29, 0.717) is 5.75 Å². The first-order valence-electron chi connectivity index (χ1n) is 7.52. The van der Waals surface area contributed by atoms with Crippen molar-refractivity contribution >= 4 is 18.0 Å². The van der Waals surface area contributed by atoms with Crippen molar-refractivity contribution in [1.82, 2.24) is 5.32 Å². The Morgan fingerprint density at radius 1 is 1.42 bits per heavy atom. The molecule has 0 fully saturated rings. The quantitative estimate of drug-likeness (QED) is 0.612. The van der Waals surface area contributed by atoms with Gasteiger partial charge < -0.3 is 14.8 Å². The molecule has 0 radical (unpaired) electrons. The summed E-state index contributed by atoms with van der Waals surface area (Å²) in [5, 5.41) is 11.7. The van der Waals surface area contributed by atoms with Gasteiger partial charge in [0.2, 0.25) is 0 Å². The van der Waals surface area contributed by atoms with E-state index in [1.54, 1.807) is 44.4 Å². The summed E-state index contributed by atoms with van der Waals surface area (Å²) >= 11 is 0. The number of methoxy groups -OCH3 is 1. The lowest BCUT2D eigenvalue weighted by atomic mass is 9.90. The average molecular weight is 330 g/mol. The summed E-state index contributed by atoms with van der Waals surface area (Å²) in [4.78, 5) is 23.5. The fourth-order valence-corrected chi connectivity index (χ4v) is 1.72. The summed E-state index contributed by atoms with van der Waals surface area (Å²) in [6.07, 6.45) is 2.80. The largest absolute Gasteiger partial charge is 0.497 e. The normalized spacial score (nSPS) is 13.2. The third-order valence-electron chi connectivity index (χ3n) is 3.64. The number of hydrogen-bond donors (Lipinski definition) is 1. The Balaban J connectivity index is 2.52. The number of nitriles is 1. The minimum absolute atomic E-state index is 0.0740. The van der Waals surface area contributed by atoms with Gasteiger partial charge in [0, 0.05) is 6.08 Å². The zero-order valence-corrected chi connectivity index (χ0v) is 14.3. The van der Waals surface area contributed by atoms with Crippen LogP contribution in [0.5, 0.6) is 5.75 Å². The molecule has 0 saturated heterocycles. The van der Waals surface area contributed by atoms with Crippen molar-refractivity contribution in [3.05, 3.63) is 35.9 Å². The van der Waals surface area contributed by atoms with Crippen LogP contribution in [-0.4, -0.2) is 31.1 Å². The maximum absolute atomic E-state index is 11.8. The Labute approximate surface area is 142 Å². The predicted molar refractivity (Wildman–Crippen MR) is 90.0 cm³/mol. The molecule has 0 aliphatic carbocycles. The molecular formula is C18H22N2O4. The SMILES string of the molecule is COc1cccc(/C=C/C(=O)OCC(=O)N[C@](C)(C#N)C(C)C)c1. The molecule has 6 nitrogen and oxygen atoms in total. The molecule has 1 rings (SSSR count). The highest BCUT2D eigenvalue weighted by molar-refractivity contribution is 5.89. The topological polar surface area (TPSA) is 88.4 Å². The molecule has 1 aromatic rings. The molecule has 0 spiro atoms. The van der Waals surface area contributed by atoms with Crippen LogP contribution in [0.3, 0.4) is 0 Å². The van der Waals surface area contributed by atoms with Gasteiger partial charge in [-0.15, -0.1) is 0 Å². The van der Waals surface area contributed by atoms with Crippen molar-refractivity contribution in [2.45, 2.75) is 26.3 Å². The summed E-state index contributed by atoms with van der Waals surface area (Å²) in [6, 6.07) is 9.21. The van der Waals surface area contributed by atoms with Crippen molar-refractivity contribution in [3.63, 3.8) is 0 Å². The van der Waals surface area contributed by atoms with Gasteiger partial charge in [0.05, 0.1) is 13.2 Å². The van der Waals surface area contributed by atoms with Crippen molar-refractivity contribution in [2.24, 2.45) is 5.92 Å². The highest BCUT2D eigenvalue weighted by atomic mass is 16.5. The molecule has 1 N–H and O–H groups in total. The molecule has 0 unspecified atom stereocenters. The van der Waals surface area contributed by atoms with Gasteiger partial charge in [-0.25, -0.2) is 4.79 Å². The van der Waals surface area contributed by atoms with Crippen molar-refractivity contribution in [1.29, 1.82) is 5.26 Å². The summed E-state index contributed by atoms with van der Waals surface area (Å²) in [6.45, 7) is 4.84. The number of ether oxygens (including phenoxy) is 2. The van der Waals surface area contributed by atoms with Crippen LogP contribution in [0.15, 0.2) is 30.3 Å². The second kappa shape index (κ2) is 8.73. The third kappa shape index (κ3) is 5.76. The molecule has 1 atom stereocenters. The number of rotatable bonds is 7. The first-order chi connectivity index (χ1) is 11.3. The highest BCUT2D eigenvalue weighted by Crippen LogP contribution is 2.15. The first kappa shape index (κ1) is 19.2. The minimum Gasteiger partial charge on any atom is -0.497 e. The Kier molecular flexibility index (Phi) is 6.99. The van der Waals surface area contributed by atoms with Gasteiger partial charge in [-0.2, -0.15) is 5.26 Å². The number of benzene rings is 1. The molecule has 0 aliphatic rings. The predicted octanol–water partition coefficient (Wildman–Crippen LogP) is 2.31. The molecule has 24 heavy (non-hydrogen) atoms. The molecule has 1 aromatic carbocycles. The Morgan fingerprint density at radius 2 is 2.12 bits per heavy atom.